The van der Waals surface area contributed by atoms with Crippen LogP contribution in [0.15, 0.2) is 66.7 Å². The van der Waals surface area contributed by atoms with Crippen molar-refractivity contribution in [1.82, 2.24) is 0 Å². The number of alkyl halides is 4. The van der Waals surface area contributed by atoms with Gasteiger partial charge < -0.3 is 16.0 Å². The van der Waals surface area contributed by atoms with E-state index in [1.165, 1.54) is 12.1 Å². The van der Waals surface area contributed by atoms with Crippen molar-refractivity contribution in [2.75, 3.05) is 23.3 Å². The molecule has 0 bridgehead atoms. The fraction of sp³-hybridized carbons (Fsp3) is 0.296. The van der Waals surface area contributed by atoms with Crippen molar-refractivity contribution in [3.8, 4) is 0 Å². The molecule has 186 valence electrons. The predicted octanol–water partition coefficient (Wildman–Crippen LogP) is 6.66. The first-order chi connectivity index (χ1) is 16.7. The Morgan fingerprint density at radius 2 is 1.54 bits per heavy atom. The lowest BCUT2D eigenvalue weighted by Gasteiger charge is -2.24. The Balaban J connectivity index is 1.91. The van der Waals surface area contributed by atoms with Crippen molar-refractivity contribution in [2.45, 2.75) is 39.0 Å². The zero-order valence-electron chi connectivity index (χ0n) is 19.6. The Hall–Kier alpha value is -3.39. The highest BCUT2D eigenvalue weighted by atomic mass is 19.3. The van der Waals surface area contributed by atoms with E-state index in [2.05, 4.69) is 5.32 Å². The van der Waals surface area contributed by atoms with Crippen LogP contribution in [-0.4, -0.2) is 31.8 Å². The van der Waals surface area contributed by atoms with Gasteiger partial charge in [0.25, 0.3) is 18.8 Å². The quantitative estimate of drug-likeness (QED) is 0.315. The lowest BCUT2D eigenvalue weighted by molar-refractivity contribution is 0.0147. The minimum absolute atomic E-state index is 0.0919. The molecule has 0 saturated heterocycles. The number of rotatable bonds is 10. The van der Waals surface area contributed by atoms with Gasteiger partial charge in [-0.15, -0.1) is 0 Å². The number of halogens is 4. The second-order valence-corrected chi connectivity index (χ2v) is 8.36. The van der Waals surface area contributed by atoms with Gasteiger partial charge in [-0.3, -0.25) is 4.79 Å². The summed E-state index contributed by atoms with van der Waals surface area (Å²) in [5.74, 6) is -2.29. The van der Waals surface area contributed by atoms with Gasteiger partial charge in [0, 0.05) is 29.2 Å². The number of aryl methyl sites for hydroxylation is 2. The van der Waals surface area contributed by atoms with Crippen molar-refractivity contribution < 1.29 is 22.4 Å². The largest absolute Gasteiger partial charge is 0.355 e. The summed E-state index contributed by atoms with van der Waals surface area (Å²) in [4.78, 5) is 14.8. The zero-order chi connectivity index (χ0) is 25.5. The van der Waals surface area contributed by atoms with Crippen LogP contribution in [0.1, 0.15) is 39.4 Å². The van der Waals surface area contributed by atoms with Gasteiger partial charge in [0.1, 0.15) is 5.92 Å². The number of amides is 1. The summed E-state index contributed by atoms with van der Waals surface area (Å²) in [6, 6.07) is 18.9. The van der Waals surface area contributed by atoms with Crippen LogP contribution < -0.4 is 16.0 Å². The van der Waals surface area contributed by atoms with Crippen LogP contribution in [0.2, 0.25) is 0 Å². The molecule has 35 heavy (non-hydrogen) atoms. The summed E-state index contributed by atoms with van der Waals surface area (Å²) < 4.78 is 52.8. The summed E-state index contributed by atoms with van der Waals surface area (Å²) in [6.45, 7) is 4.23. The third kappa shape index (κ3) is 6.39. The summed E-state index contributed by atoms with van der Waals surface area (Å²) in [6.07, 6.45) is -5.71. The molecular weight excluding hydrogens is 458 g/mol. The molecule has 3 N–H and O–H groups in total. The maximum atomic E-state index is 13.2. The number of nitrogens with zero attached hydrogens (tertiary/aromatic N) is 1. The van der Waals surface area contributed by atoms with Gasteiger partial charge in [-0.2, -0.15) is 0 Å². The number of benzene rings is 3. The minimum Gasteiger partial charge on any atom is -0.355 e. The number of hydrogen-bond donors (Lipinski definition) is 2. The molecule has 0 saturated carbocycles. The third-order valence-corrected chi connectivity index (χ3v) is 5.76. The van der Waals surface area contributed by atoms with Crippen LogP contribution in [0.3, 0.4) is 0 Å². The minimum atomic E-state index is -3.16. The fourth-order valence-electron chi connectivity index (χ4n) is 4.02. The van der Waals surface area contributed by atoms with E-state index in [-0.39, 0.29) is 11.5 Å². The number of anilines is 3. The molecular formula is C27H29F4N3O. The smallest absolute Gasteiger partial charge is 0.258 e. The Morgan fingerprint density at radius 3 is 2.11 bits per heavy atom. The van der Waals surface area contributed by atoms with Gasteiger partial charge >= 0.3 is 0 Å². The topological polar surface area (TPSA) is 58.4 Å². The molecule has 0 spiro atoms. The summed E-state index contributed by atoms with van der Waals surface area (Å²) in [5, 5.41) is 3.26. The van der Waals surface area contributed by atoms with Crippen molar-refractivity contribution in [3.05, 3.63) is 89.0 Å². The standard InChI is InChI=1S/C27H29F4N3O/c1-17-14-20(23(25(28)29)26(30)31)15-18(2)24(17)33-21-10-6-11-22(16-21)34(13-7-12-32)27(35)19-8-4-3-5-9-19/h3-6,8-11,14-16,23,25-26,33H,7,12-13,32H2,1-2H3. The van der Waals surface area contributed by atoms with Crippen LogP contribution in [0, 0.1) is 13.8 Å². The van der Waals surface area contributed by atoms with Crippen LogP contribution in [0.4, 0.5) is 34.6 Å². The van der Waals surface area contributed by atoms with Crippen LogP contribution in [0.25, 0.3) is 0 Å². The Bertz CT molecular complexity index is 1110. The molecule has 0 aliphatic rings. The lowest BCUT2D eigenvalue weighted by atomic mass is 9.94. The van der Waals surface area contributed by atoms with Crippen LogP contribution in [-0.2, 0) is 0 Å². The van der Waals surface area contributed by atoms with Crippen molar-refractivity contribution >= 4 is 23.0 Å². The van der Waals surface area contributed by atoms with E-state index in [1.54, 1.807) is 49.1 Å². The van der Waals surface area contributed by atoms with E-state index >= 15 is 0 Å². The second kappa shape index (κ2) is 11.8. The van der Waals surface area contributed by atoms with Gasteiger partial charge in [0.05, 0.1) is 0 Å². The number of nitrogens with two attached hydrogens (primary N) is 1. The predicted molar refractivity (Wildman–Crippen MR) is 132 cm³/mol. The molecule has 3 aromatic carbocycles. The van der Waals surface area contributed by atoms with Gasteiger partial charge in [-0.25, -0.2) is 17.6 Å². The second-order valence-electron chi connectivity index (χ2n) is 8.36. The Morgan fingerprint density at radius 1 is 0.914 bits per heavy atom. The van der Waals surface area contributed by atoms with E-state index in [1.807, 2.05) is 24.3 Å². The molecule has 0 aliphatic carbocycles. The van der Waals surface area contributed by atoms with E-state index in [9.17, 15) is 22.4 Å². The molecule has 0 fully saturated rings. The lowest BCUT2D eigenvalue weighted by Crippen LogP contribution is -2.33. The summed E-state index contributed by atoms with van der Waals surface area (Å²) in [5.41, 5.74) is 9.25. The molecule has 8 heteroatoms. The van der Waals surface area contributed by atoms with Crippen molar-refractivity contribution in [3.63, 3.8) is 0 Å². The molecule has 1 amide bonds. The molecule has 0 atom stereocenters. The SMILES string of the molecule is Cc1cc(C(C(F)F)C(F)F)cc(C)c1Nc1cccc(N(CCCN)C(=O)c2ccccc2)c1. The third-order valence-electron chi connectivity index (χ3n) is 5.76. The van der Waals surface area contributed by atoms with Crippen LogP contribution in [0.5, 0.6) is 0 Å². The Kier molecular flexibility index (Phi) is 8.87. The zero-order valence-corrected chi connectivity index (χ0v) is 19.6. The highest BCUT2D eigenvalue weighted by molar-refractivity contribution is 6.06. The molecule has 4 nitrogen and oxygen atoms in total. The molecule has 3 rings (SSSR count). The van der Waals surface area contributed by atoms with Gasteiger partial charge in [-0.05, 0) is 73.8 Å². The Labute approximate surface area is 202 Å². The van der Waals surface area contributed by atoms with Gasteiger partial charge in [0.2, 0.25) is 0 Å². The summed E-state index contributed by atoms with van der Waals surface area (Å²) in [7, 11) is 0. The molecule has 0 unspecified atom stereocenters. The summed E-state index contributed by atoms with van der Waals surface area (Å²) >= 11 is 0. The monoisotopic (exact) mass is 487 g/mol. The fourth-order valence-corrected chi connectivity index (χ4v) is 4.02. The first-order valence-electron chi connectivity index (χ1n) is 11.3. The normalized spacial score (nSPS) is 11.4. The highest BCUT2D eigenvalue weighted by Crippen LogP contribution is 2.35. The molecule has 0 aliphatic heterocycles. The number of carbonyl (C=O) groups excluding carboxylic acids is 1. The maximum absolute atomic E-state index is 13.2. The maximum Gasteiger partial charge on any atom is 0.258 e. The molecule has 0 heterocycles. The molecule has 3 aromatic rings. The number of carbonyl (C=O) groups is 1. The average Bonchev–Trinajstić information content (AvgIpc) is 2.82. The van der Waals surface area contributed by atoms with E-state index in [0.29, 0.717) is 53.3 Å². The van der Waals surface area contributed by atoms with Crippen molar-refractivity contribution in [1.29, 1.82) is 0 Å². The highest BCUT2D eigenvalue weighted by Gasteiger charge is 2.32. The first-order valence-corrected chi connectivity index (χ1v) is 11.3. The van der Waals surface area contributed by atoms with Gasteiger partial charge in [-0.1, -0.05) is 36.4 Å². The van der Waals surface area contributed by atoms with Gasteiger partial charge in [0.15, 0.2) is 0 Å². The number of nitrogens with one attached hydrogen (secondary N) is 1. The van der Waals surface area contributed by atoms with Crippen molar-refractivity contribution in [2.24, 2.45) is 5.73 Å². The first kappa shape index (κ1) is 26.2. The average molecular weight is 488 g/mol. The van der Waals surface area contributed by atoms with E-state index in [0.717, 1.165) is 0 Å². The molecule has 0 radical (unpaired) electrons. The van der Waals surface area contributed by atoms with Crippen LogP contribution >= 0.6 is 0 Å². The number of hydrogen-bond acceptors (Lipinski definition) is 3. The molecule has 0 aromatic heterocycles. The van der Waals surface area contributed by atoms with E-state index in [4.69, 9.17) is 5.73 Å². The van der Waals surface area contributed by atoms with E-state index < -0.39 is 18.8 Å².